The zero-order valence-electron chi connectivity index (χ0n) is 18.0. The number of nitro groups is 1. The number of allylic oxidation sites excluding steroid dienone is 2. The Balaban J connectivity index is 2.64. The van der Waals surface area contributed by atoms with Gasteiger partial charge in [-0.1, -0.05) is 17.3 Å². The van der Waals surface area contributed by atoms with Crippen molar-refractivity contribution in [3.05, 3.63) is 62.5 Å². The molecule has 0 aliphatic carbocycles. The number of benzene rings is 1. The summed E-state index contributed by atoms with van der Waals surface area (Å²) < 4.78 is 15.6. The number of esters is 2. The first-order valence-corrected chi connectivity index (χ1v) is 9.91. The average molecular weight is 447 g/mol. The highest BCUT2D eigenvalue weighted by molar-refractivity contribution is 6.04. The lowest BCUT2D eigenvalue weighted by Crippen LogP contribution is -2.34. The summed E-state index contributed by atoms with van der Waals surface area (Å²) in [5, 5.41) is 26.2. The van der Waals surface area contributed by atoms with E-state index in [4.69, 9.17) is 19.4 Å². The van der Waals surface area contributed by atoms with Gasteiger partial charge in [0.1, 0.15) is 6.61 Å². The smallest absolute Gasteiger partial charge is 0.337 e. The maximum absolute atomic E-state index is 13.0. The van der Waals surface area contributed by atoms with Gasteiger partial charge in [0.05, 0.1) is 47.1 Å². The summed E-state index contributed by atoms with van der Waals surface area (Å²) >= 11 is 0. The van der Waals surface area contributed by atoms with Gasteiger partial charge >= 0.3 is 11.9 Å². The van der Waals surface area contributed by atoms with E-state index in [9.17, 15) is 19.7 Å². The molecular weight excluding hydrogens is 422 g/mol. The van der Waals surface area contributed by atoms with E-state index >= 15 is 0 Å². The molecule has 0 saturated heterocycles. The van der Waals surface area contributed by atoms with Gasteiger partial charge in [-0.25, -0.2) is 9.59 Å². The molecule has 0 saturated carbocycles. The molecule has 1 atom stereocenters. The summed E-state index contributed by atoms with van der Waals surface area (Å²) in [5.74, 6) is -2.57. The lowest BCUT2D eigenvalue weighted by Gasteiger charge is -2.30. The quantitative estimate of drug-likeness (QED) is 0.138. The number of carbonyl (C=O) groups is 2. The zero-order chi connectivity index (χ0) is 23.7. The summed E-state index contributed by atoms with van der Waals surface area (Å²) in [5.41, 5.74) is 0.511. The molecule has 172 valence electrons. The minimum Gasteiger partial charge on any atom is -0.463 e. The molecule has 1 aromatic carbocycles. The number of non-ortho nitro benzene ring substituents is 1. The van der Waals surface area contributed by atoms with E-state index in [1.807, 2.05) is 0 Å². The lowest BCUT2D eigenvalue weighted by atomic mass is 9.80. The van der Waals surface area contributed by atoms with Crippen molar-refractivity contribution in [3.63, 3.8) is 0 Å². The van der Waals surface area contributed by atoms with Crippen LogP contribution in [0.5, 0.6) is 0 Å². The van der Waals surface area contributed by atoms with Gasteiger partial charge in [0.25, 0.3) is 5.69 Å². The van der Waals surface area contributed by atoms with Gasteiger partial charge in [0.2, 0.25) is 0 Å². The van der Waals surface area contributed by atoms with Crippen LogP contribution in [0.3, 0.4) is 0 Å². The van der Waals surface area contributed by atoms with Crippen LogP contribution in [-0.2, 0) is 23.8 Å². The Bertz CT molecular complexity index is 968. The van der Waals surface area contributed by atoms with Gasteiger partial charge in [-0.2, -0.15) is 0 Å². The minimum atomic E-state index is -1.07. The van der Waals surface area contributed by atoms with Crippen molar-refractivity contribution in [2.24, 2.45) is 5.16 Å². The van der Waals surface area contributed by atoms with Crippen molar-refractivity contribution >= 4 is 23.8 Å². The van der Waals surface area contributed by atoms with E-state index in [1.165, 1.54) is 18.2 Å². The number of carbonyl (C=O) groups excluding carboxylic acids is 2. The maximum atomic E-state index is 13.0. The average Bonchev–Trinajstić information content (AvgIpc) is 2.76. The van der Waals surface area contributed by atoms with Gasteiger partial charge in [-0.3, -0.25) is 10.1 Å². The summed E-state index contributed by atoms with van der Waals surface area (Å²) in [7, 11) is 0. The molecule has 0 bridgehead atoms. The molecule has 0 aromatic heterocycles. The Hall–Kier alpha value is -3.73. The van der Waals surface area contributed by atoms with Crippen molar-refractivity contribution in [2.75, 3.05) is 26.4 Å². The van der Waals surface area contributed by atoms with Gasteiger partial charge < -0.3 is 24.7 Å². The van der Waals surface area contributed by atoms with Crippen LogP contribution >= 0.6 is 0 Å². The zero-order valence-corrected chi connectivity index (χ0v) is 18.0. The molecule has 0 fully saturated rings. The molecule has 2 N–H and O–H groups in total. The Morgan fingerprint density at radius 3 is 2.53 bits per heavy atom. The third-order valence-corrected chi connectivity index (χ3v) is 4.58. The van der Waals surface area contributed by atoms with Crippen LogP contribution in [0, 0.1) is 10.1 Å². The van der Waals surface area contributed by atoms with Crippen molar-refractivity contribution in [1.82, 2.24) is 5.32 Å². The van der Waals surface area contributed by atoms with Gasteiger partial charge in [-0.15, -0.1) is 0 Å². The van der Waals surface area contributed by atoms with E-state index in [0.717, 1.165) is 6.21 Å². The van der Waals surface area contributed by atoms with Crippen LogP contribution in [0.1, 0.15) is 32.3 Å². The highest BCUT2D eigenvalue weighted by Gasteiger charge is 2.39. The Morgan fingerprint density at radius 2 is 1.91 bits per heavy atom. The van der Waals surface area contributed by atoms with Crippen LogP contribution in [0.15, 0.2) is 52.0 Å². The fourth-order valence-corrected chi connectivity index (χ4v) is 3.29. The molecule has 1 aromatic rings. The second-order valence-corrected chi connectivity index (χ2v) is 6.57. The van der Waals surface area contributed by atoms with E-state index in [0.29, 0.717) is 17.9 Å². The molecule has 1 aliphatic heterocycles. The van der Waals surface area contributed by atoms with E-state index in [-0.39, 0.29) is 42.4 Å². The summed E-state index contributed by atoms with van der Waals surface area (Å²) in [6, 6.07) is 5.57. The predicted molar refractivity (Wildman–Crippen MR) is 113 cm³/mol. The number of nitrogens with zero attached hydrogens (tertiary/aromatic N) is 2. The molecule has 32 heavy (non-hydrogen) atoms. The normalized spacial score (nSPS) is 16.2. The molecule has 11 heteroatoms. The number of rotatable bonds is 10. The summed E-state index contributed by atoms with van der Waals surface area (Å²) in [6.07, 6.45) is 0.997. The predicted octanol–water partition coefficient (Wildman–Crippen LogP) is 2.41. The monoisotopic (exact) mass is 447 g/mol. The van der Waals surface area contributed by atoms with Crippen LogP contribution < -0.4 is 5.32 Å². The van der Waals surface area contributed by atoms with Crippen molar-refractivity contribution in [1.29, 1.82) is 0 Å². The molecular formula is C21H25N3O8. The number of dihydropyridines is 1. The molecule has 2 rings (SSSR count). The first kappa shape index (κ1) is 24.5. The van der Waals surface area contributed by atoms with Gasteiger partial charge in [0.15, 0.2) is 0 Å². The molecule has 0 radical (unpaired) electrons. The van der Waals surface area contributed by atoms with Gasteiger partial charge in [0, 0.05) is 24.4 Å². The first-order valence-electron chi connectivity index (χ1n) is 9.91. The largest absolute Gasteiger partial charge is 0.463 e. The molecule has 1 unspecified atom stereocenters. The Kier molecular flexibility index (Phi) is 8.90. The number of oxime groups is 1. The topological polar surface area (TPSA) is 150 Å². The number of hydrogen-bond acceptors (Lipinski definition) is 10. The number of hydrogen-bond donors (Lipinski definition) is 2. The molecule has 1 heterocycles. The number of ether oxygens (including phenoxy) is 3. The first-order chi connectivity index (χ1) is 15.3. The van der Waals surface area contributed by atoms with Crippen molar-refractivity contribution in [2.45, 2.75) is 26.7 Å². The number of nitrogens with one attached hydrogen (secondary N) is 1. The van der Waals surface area contributed by atoms with E-state index < -0.39 is 22.8 Å². The second kappa shape index (κ2) is 11.6. The lowest BCUT2D eigenvalue weighted by molar-refractivity contribution is -0.384. The van der Waals surface area contributed by atoms with Crippen LogP contribution in [-0.4, -0.2) is 54.7 Å². The fourth-order valence-electron chi connectivity index (χ4n) is 3.29. The molecule has 0 spiro atoms. The standard InChI is InChI=1S/C21H25N3O8/c1-4-30-9-10-32-20(25)17-13(3)23-16(12-22-27)19(21(26)31-5-2)18(17)14-7-6-8-15(11-14)24(28)29/h6-8,11-12,18,23,27H,4-5,9-10H2,1-3H3. The third kappa shape index (κ3) is 5.70. The Morgan fingerprint density at radius 1 is 1.19 bits per heavy atom. The Labute approximate surface area is 184 Å². The fraction of sp³-hybridized carbons (Fsp3) is 0.381. The van der Waals surface area contributed by atoms with E-state index in [1.54, 1.807) is 26.8 Å². The van der Waals surface area contributed by atoms with Crippen LogP contribution in [0.25, 0.3) is 0 Å². The van der Waals surface area contributed by atoms with Crippen LogP contribution in [0.2, 0.25) is 0 Å². The third-order valence-electron chi connectivity index (χ3n) is 4.58. The molecule has 11 nitrogen and oxygen atoms in total. The van der Waals surface area contributed by atoms with Crippen molar-refractivity contribution < 1.29 is 33.9 Å². The van der Waals surface area contributed by atoms with Crippen molar-refractivity contribution in [3.8, 4) is 0 Å². The maximum Gasteiger partial charge on any atom is 0.337 e. The highest BCUT2D eigenvalue weighted by atomic mass is 16.6. The van der Waals surface area contributed by atoms with Gasteiger partial charge in [-0.05, 0) is 26.3 Å². The highest BCUT2D eigenvalue weighted by Crippen LogP contribution is 2.40. The van der Waals surface area contributed by atoms with Crippen LogP contribution in [0.4, 0.5) is 5.69 Å². The minimum absolute atomic E-state index is 0.0193. The molecule has 0 amide bonds. The number of nitro benzene ring substituents is 1. The van der Waals surface area contributed by atoms with E-state index in [2.05, 4.69) is 10.5 Å². The summed E-state index contributed by atoms with van der Waals surface area (Å²) in [4.78, 5) is 36.6. The summed E-state index contributed by atoms with van der Waals surface area (Å²) in [6.45, 7) is 5.66. The SMILES string of the molecule is CCOCCOC(=O)C1=C(C)NC(C=NO)=C(C(=O)OCC)C1c1cccc([N+](=O)[O-])c1. The molecule has 1 aliphatic rings. The second-order valence-electron chi connectivity index (χ2n) is 6.57.